The van der Waals surface area contributed by atoms with E-state index in [2.05, 4.69) is 10.0 Å². The fourth-order valence-electron chi connectivity index (χ4n) is 1.28. The lowest BCUT2D eigenvalue weighted by molar-refractivity contribution is -0.137. The number of methoxy groups -OCH3 is 1. The molecule has 1 aromatic carbocycles. The van der Waals surface area contributed by atoms with E-state index in [-0.39, 0.29) is 6.42 Å². The first kappa shape index (κ1) is 11.9. The lowest BCUT2D eigenvalue weighted by atomic mass is 10.0. The van der Waals surface area contributed by atoms with E-state index >= 15 is 0 Å². The highest BCUT2D eigenvalue weighted by Crippen LogP contribution is 2.23. The van der Waals surface area contributed by atoms with Crippen molar-refractivity contribution < 1.29 is 14.6 Å². The molecule has 0 aliphatic heterocycles. The van der Waals surface area contributed by atoms with Gasteiger partial charge in [0.2, 0.25) is 0 Å². The molecule has 1 N–H and O–H groups in total. The summed E-state index contributed by atoms with van der Waals surface area (Å²) in [4.78, 5) is 13.2. The maximum Gasteiger partial charge on any atom is 0.304 e. The molecule has 0 spiro atoms. The lowest BCUT2D eigenvalue weighted by Crippen LogP contribution is -2.03. The molecule has 0 bridgehead atoms. The highest BCUT2D eigenvalue weighted by atomic mass is 16.5. The number of hydrogen-bond acceptors (Lipinski definition) is 3. The quantitative estimate of drug-likeness (QED) is 0.470. The number of carboxylic acids is 1. The van der Waals surface area contributed by atoms with Gasteiger partial charge >= 0.3 is 5.97 Å². The van der Waals surface area contributed by atoms with E-state index in [0.29, 0.717) is 11.3 Å². The van der Waals surface area contributed by atoms with Gasteiger partial charge in [0, 0.05) is 4.91 Å². The van der Waals surface area contributed by atoms with Gasteiger partial charge in [0.15, 0.2) is 0 Å². The fraction of sp³-hybridized carbons (Fsp3) is 0.300. The van der Waals surface area contributed by atoms with Gasteiger partial charge in [0.25, 0.3) is 0 Å². The maximum absolute atomic E-state index is 10.6. The van der Waals surface area contributed by atoms with Gasteiger partial charge in [-0.1, -0.05) is 17.2 Å². The zero-order valence-electron chi connectivity index (χ0n) is 8.70. The van der Waals surface area contributed by atoms with E-state index in [9.17, 15) is 4.79 Å². The Balaban J connectivity index is 2.91. The topological polar surface area (TPSA) is 95.3 Å². The Morgan fingerprint density at radius 1 is 1.56 bits per heavy atom. The van der Waals surface area contributed by atoms with Crippen molar-refractivity contribution in [3.63, 3.8) is 0 Å². The number of ether oxygens (including phenoxy) is 1. The third-order valence-corrected chi connectivity index (χ3v) is 2.06. The molecule has 0 fully saturated rings. The highest BCUT2D eigenvalue weighted by Gasteiger charge is 2.13. The Bertz CT molecular complexity index is 410. The summed E-state index contributed by atoms with van der Waals surface area (Å²) in [6.07, 6.45) is -0.226. The minimum absolute atomic E-state index is 0.226. The van der Waals surface area contributed by atoms with Crippen LogP contribution >= 0.6 is 0 Å². The van der Waals surface area contributed by atoms with Crippen LogP contribution in [0.4, 0.5) is 0 Å². The van der Waals surface area contributed by atoms with Crippen molar-refractivity contribution >= 4 is 5.97 Å². The second-order valence-corrected chi connectivity index (χ2v) is 3.09. The van der Waals surface area contributed by atoms with Gasteiger partial charge < -0.3 is 9.84 Å². The van der Waals surface area contributed by atoms with Crippen LogP contribution in [0.5, 0.6) is 5.75 Å². The Morgan fingerprint density at radius 3 is 2.62 bits per heavy atom. The third kappa shape index (κ3) is 3.18. The van der Waals surface area contributed by atoms with Gasteiger partial charge in [-0.25, -0.2) is 0 Å². The summed E-state index contributed by atoms with van der Waals surface area (Å²) in [5.41, 5.74) is 9.01. The van der Waals surface area contributed by atoms with E-state index in [1.807, 2.05) is 0 Å². The number of benzene rings is 1. The molecular formula is C10H11N3O3. The van der Waals surface area contributed by atoms with Gasteiger partial charge in [0.1, 0.15) is 5.75 Å². The molecule has 1 aromatic rings. The van der Waals surface area contributed by atoms with E-state index in [1.54, 1.807) is 24.3 Å². The van der Waals surface area contributed by atoms with Crippen LogP contribution in [-0.2, 0) is 4.79 Å². The summed E-state index contributed by atoms with van der Waals surface area (Å²) in [7, 11) is 1.54. The van der Waals surface area contributed by atoms with Crippen molar-refractivity contribution in [3.05, 3.63) is 40.3 Å². The molecule has 0 saturated carbocycles. The molecule has 0 amide bonds. The Hall–Kier alpha value is -2.20. The van der Waals surface area contributed by atoms with Crippen molar-refractivity contribution in [1.29, 1.82) is 0 Å². The van der Waals surface area contributed by atoms with Gasteiger partial charge in [0.05, 0.1) is 19.6 Å². The summed E-state index contributed by atoms with van der Waals surface area (Å²) in [5, 5.41) is 12.1. The van der Waals surface area contributed by atoms with Crippen molar-refractivity contribution in [3.8, 4) is 5.75 Å². The van der Waals surface area contributed by atoms with Crippen molar-refractivity contribution in [2.24, 2.45) is 5.11 Å². The molecule has 1 unspecified atom stereocenters. The molecule has 0 saturated heterocycles. The number of azide groups is 1. The summed E-state index contributed by atoms with van der Waals surface area (Å²) >= 11 is 0. The second-order valence-electron chi connectivity index (χ2n) is 3.09. The summed E-state index contributed by atoms with van der Waals surface area (Å²) in [6.45, 7) is 0. The molecule has 16 heavy (non-hydrogen) atoms. The van der Waals surface area contributed by atoms with Gasteiger partial charge in [-0.05, 0) is 23.2 Å². The molecule has 0 aliphatic carbocycles. The standard InChI is InChI=1S/C10H11N3O3/c1-16-8-4-2-7(3-5-8)9(12-13-11)6-10(14)15/h2-5,9H,6H2,1H3,(H,14,15). The largest absolute Gasteiger partial charge is 0.497 e. The number of hydrogen-bond donors (Lipinski definition) is 1. The molecule has 0 heterocycles. The maximum atomic E-state index is 10.6. The third-order valence-electron chi connectivity index (χ3n) is 2.06. The minimum atomic E-state index is -1.01. The van der Waals surface area contributed by atoms with Crippen LogP contribution in [0.2, 0.25) is 0 Å². The number of carboxylic acid groups (broad SMARTS) is 1. The summed E-state index contributed by atoms with van der Waals surface area (Å²) in [5.74, 6) is -0.341. The average molecular weight is 221 g/mol. The predicted octanol–water partition coefficient (Wildman–Crippen LogP) is 2.52. The first-order valence-corrected chi connectivity index (χ1v) is 4.57. The molecule has 6 nitrogen and oxygen atoms in total. The second kappa shape index (κ2) is 5.63. The Labute approximate surface area is 92.1 Å². The Morgan fingerprint density at radius 2 is 2.19 bits per heavy atom. The van der Waals surface area contributed by atoms with Crippen molar-refractivity contribution in [1.82, 2.24) is 0 Å². The number of rotatable bonds is 5. The van der Waals surface area contributed by atoms with Gasteiger partial charge in [-0.2, -0.15) is 0 Å². The first-order chi connectivity index (χ1) is 7.67. The van der Waals surface area contributed by atoms with Crippen molar-refractivity contribution in [2.75, 3.05) is 7.11 Å². The van der Waals surface area contributed by atoms with E-state index < -0.39 is 12.0 Å². The molecule has 84 valence electrons. The van der Waals surface area contributed by atoms with Crippen LogP contribution in [0.3, 0.4) is 0 Å². The smallest absolute Gasteiger partial charge is 0.304 e. The van der Waals surface area contributed by atoms with Crippen LogP contribution in [-0.4, -0.2) is 18.2 Å². The highest BCUT2D eigenvalue weighted by molar-refractivity contribution is 5.68. The molecule has 0 aliphatic rings. The molecule has 6 heteroatoms. The zero-order chi connectivity index (χ0) is 12.0. The average Bonchev–Trinajstić information content (AvgIpc) is 2.28. The van der Waals surface area contributed by atoms with E-state index in [1.165, 1.54) is 7.11 Å². The van der Waals surface area contributed by atoms with Gasteiger partial charge in [-0.15, -0.1) is 0 Å². The molecule has 1 rings (SSSR count). The fourth-order valence-corrected chi connectivity index (χ4v) is 1.28. The van der Waals surface area contributed by atoms with Crippen LogP contribution in [0.25, 0.3) is 10.4 Å². The predicted molar refractivity (Wildman–Crippen MR) is 57.1 cm³/mol. The number of carbonyl (C=O) groups is 1. The monoisotopic (exact) mass is 221 g/mol. The van der Waals surface area contributed by atoms with Crippen LogP contribution in [0.1, 0.15) is 18.0 Å². The van der Waals surface area contributed by atoms with Crippen LogP contribution in [0, 0.1) is 0 Å². The van der Waals surface area contributed by atoms with Crippen LogP contribution < -0.4 is 4.74 Å². The summed E-state index contributed by atoms with van der Waals surface area (Å²) < 4.78 is 4.97. The summed E-state index contributed by atoms with van der Waals surface area (Å²) in [6, 6.07) is 6.06. The molecular weight excluding hydrogens is 210 g/mol. The van der Waals surface area contributed by atoms with E-state index in [0.717, 1.165) is 0 Å². The Kier molecular flexibility index (Phi) is 4.17. The molecule has 1 atom stereocenters. The first-order valence-electron chi connectivity index (χ1n) is 4.57. The number of nitrogens with zero attached hydrogens (tertiary/aromatic N) is 3. The zero-order valence-corrected chi connectivity index (χ0v) is 8.70. The van der Waals surface area contributed by atoms with Crippen LogP contribution in [0.15, 0.2) is 29.4 Å². The normalized spacial score (nSPS) is 11.3. The van der Waals surface area contributed by atoms with E-state index in [4.69, 9.17) is 15.4 Å². The lowest BCUT2D eigenvalue weighted by Gasteiger charge is -2.09. The minimum Gasteiger partial charge on any atom is -0.497 e. The SMILES string of the molecule is COc1ccc(C(CC(=O)O)N=[N+]=[N-])cc1. The number of aliphatic carboxylic acids is 1. The van der Waals surface area contributed by atoms with Gasteiger partial charge in [-0.3, -0.25) is 4.79 Å². The molecule has 0 radical (unpaired) electrons. The van der Waals surface area contributed by atoms with Crippen molar-refractivity contribution in [2.45, 2.75) is 12.5 Å². The molecule has 0 aromatic heterocycles.